The SMILES string of the molecule is CCCNCC(C)C(C)N(C)CCOCC. The van der Waals surface area contributed by atoms with Crippen LogP contribution < -0.4 is 5.32 Å². The van der Waals surface area contributed by atoms with Crippen LogP contribution in [0.3, 0.4) is 0 Å². The van der Waals surface area contributed by atoms with E-state index in [4.69, 9.17) is 4.74 Å². The minimum Gasteiger partial charge on any atom is -0.380 e. The van der Waals surface area contributed by atoms with Crippen LogP contribution in [0, 0.1) is 5.92 Å². The summed E-state index contributed by atoms with van der Waals surface area (Å²) >= 11 is 0. The van der Waals surface area contributed by atoms with E-state index >= 15 is 0 Å². The van der Waals surface area contributed by atoms with Crippen LogP contribution in [-0.2, 0) is 4.74 Å². The number of likely N-dealkylation sites (N-methyl/N-ethyl adjacent to an activating group) is 1. The molecule has 2 unspecified atom stereocenters. The van der Waals surface area contributed by atoms with Gasteiger partial charge in [-0.15, -0.1) is 0 Å². The zero-order valence-corrected chi connectivity index (χ0v) is 11.8. The molecule has 0 spiro atoms. The highest BCUT2D eigenvalue weighted by Gasteiger charge is 2.15. The second kappa shape index (κ2) is 10.1. The first-order valence-corrected chi connectivity index (χ1v) is 6.62. The highest BCUT2D eigenvalue weighted by atomic mass is 16.5. The number of ether oxygens (including phenoxy) is 1. The largest absolute Gasteiger partial charge is 0.380 e. The lowest BCUT2D eigenvalue weighted by atomic mass is 10.0. The zero-order chi connectivity index (χ0) is 12.4. The Kier molecular flexibility index (Phi) is 9.99. The van der Waals surface area contributed by atoms with Gasteiger partial charge in [0.25, 0.3) is 0 Å². The summed E-state index contributed by atoms with van der Waals surface area (Å²) < 4.78 is 5.38. The van der Waals surface area contributed by atoms with Crippen LogP contribution in [-0.4, -0.2) is 50.8 Å². The van der Waals surface area contributed by atoms with Gasteiger partial charge in [0.05, 0.1) is 6.61 Å². The molecule has 0 saturated heterocycles. The molecule has 0 radical (unpaired) electrons. The Morgan fingerprint density at radius 2 is 1.94 bits per heavy atom. The van der Waals surface area contributed by atoms with Crippen molar-refractivity contribution in [2.45, 2.75) is 40.2 Å². The van der Waals surface area contributed by atoms with E-state index in [-0.39, 0.29) is 0 Å². The van der Waals surface area contributed by atoms with E-state index in [1.54, 1.807) is 0 Å². The van der Waals surface area contributed by atoms with Gasteiger partial charge >= 0.3 is 0 Å². The predicted molar refractivity (Wildman–Crippen MR) is 70.9 cm³/mol. The van der Waals surface area contributed by atoms with Gasteiger partial charge in [0.15, 0.2) is 0 Å². The molecule has 3 nitrogen and oxygen atoms in total. The molecule has 0 aliphatic carbocycles. The molecule has 0 aliphatic rings. The molecule has 0 fully saturated rings. The smallest absolute Gasteiger partial charge is 0.0593 e. The van der Waals surface area contributed by atoms with Crippen molar-refractivity contribution in [2.75, 3.05) is 39.9 Å². The van der Waals surface area contributed by atoms with Crippen molar-refractivity contribution < 1.29 is 4.74 Å². The highest BCUT2D eigenvalue weighted by Crippen LogP contribution is 2.07. The molecular weight excluding hydrogens is 200 g/mol. The molecule has 16 heavy (non-hydrogen) atoms. The second-order valence-electron chi connectivity index (χ2n) is 4.60. The van der Waals surface area contributed by atoms with Crippen molar-refractivity contribution in [3.8, 4) is 0 Å². The average molecular weight is 230 g/mol. The molecule has 0 amide bonds. The maximum atomic E-state index is 5.38. The Morgan fingerprint density at radius 3 is 2.50 bits per heavy atom. The minimum absolute atomic E-state index is 0.602. The second-order valence-corrected chi connectivity index (χ2v) is 4.60. The third-order valence-electron chi connectivity index (χ3n) is 3.20. The van der Waals surface area contributed by atoms with Crippen molar-refractivity contribution in [2.24, 2.45) is 5.92 Å². The van der Waals surface area contributed by atoms with Gasteiger partial charge in [0.1, 0.15) is 0 Å². The van der Waals surface area contributed by atoms with Crippen LogP contribution in [0.1, 0.15) is 34.1 Å². The molecule has 0 heterocycles. The standard InChI is InChI=1S/C13H30N2O/c1-6-8-14-11-12(3)13(4)15(5)9-10-16-7-2/h12-14H,6-11H2,1-5H3. The quantitative estimate of drug-likeness (QED) is 0.581. The van der Waals surface area contributed by atoms with Gasteiger partial charge in [0.2, 0.25) is 0 Å². The van der Waals surface area contributed by atoms with E-state index in [1.807, 2.05) is 6.92 Å². The predicted octanol–water partition coefficient (Wildman–Crippen LogP) is 1.98. The van der Waals surface area contributed by atoms with Crippen LogP contribution in [0.4, 0.5) is 0 Å². The van der Waals surface area contributed by atoms with Crippen LogP contribution in [0.25, 0.3) is 0 Å². The number of nitrogens with zero attached hydrogens (tertiary/aromatic N) is 1. The number of nitrogens with one attached hydrogen (secondary N) is 1. The Hall–Kier alpha value is -0.120. The molecule has 98 valence electrons. The molecular formula is C13H30N2O. The van der Waals surface area contributed by atoms with Crippen LogP contribution in [0.15, 0.2) is 0 Å². The van der Waals surface area contributed by atoms with Gasteiger partial charge in [-0.25, -0.2) is 0 Å². The molecule has 0 aliphatic heterocycles. The van der Waals surface area contributed by atoms with E-state index in [0.717, 1.165) is 32.8 Å². The van der Waals surface area contributed by atoms with Gasteiger partial charge in [0, 0.05) is 19.2 Å². The molecule has 0 rings (SSSR count). The van der Waals surface area contributed by atoms with Gasteiger partial charge < -0.3 is 15.0 Å². The van der Waals surface area contributed by atoms with E-state index in [9.17, 15) is 0 Å². The third-order valence-corrected chi connectivity index (χ3v) is 3.20. The fourth-order valence-electron chi connectivity index (χ4n) is 1.67. The molecule has 1 N–H and O–H groups in total. The van der Waals surface area contributed by atoms with Crippen molar-refractivity contribution >= 4 is 0 Å². The molecule has 3 heteroatoms. The fraction of sp³-hybridized carbons (Fsp3) is 1.00. The maximum Gasteiger partial charge on any atom is 0.0593 e. The lowest BCUT2D eigenvalue weighted by Crippen LogP contribution is -2.40. The summed E-state index contributed by atoms with van der Waals surface area (Å²) in [6, 6.07) is 0.602. The molecule has 0 saturated carbocycles. The highest BCUT2D eigenvalue weighted by molar-refractivity contribution is 4.72. The van der Waals surface area contributed by atoms with E-state index in [0.29, 0.717) is 12.0 Å². The summed E-state index contributed by atoms with van der Waals surface area (Å²) in [6.45, 7) is 13.8. The topological polar surface area (TPSA) is 24.5 Å². The van der Waals surface area contributed by atoms with Crippen molar-refractivity contribution in [3.05, 3.63) is 0 Å². The third kappa shape index (κ3) is 7.20. The first-order chi connectivity index (χ1) is 7.63. The Labute approximate surface area is 102 Å². The van der Waals surface area contributed by atoms with E-state index in [1.165, 1.54) is 6.42 Å². The van der Waals surface area contributed by atoms with Crippen molar-refractivity contribution in [3.63, 3.8) is 0 Å². The summed E-state index contributed by atoms with van der Waals surface area (Å²) in [6.07, 6.45) is 1.21. The van der Waals surface area contributed by atoms with E-state index < -0.39 is 0 Å². The van der Waals surface area contributed by atoms with Gasteiger partial charge in [-0.2, -0.15) is 0 Å². The molecule has 2 atom stereocenters. The average Bonchev–Trinajstić information content (AvgIpc) is 2.28. The van der Waals surface area contributed by atoms with Gasteiger partial charge in [-0.05, 0) is 46.3 Å². The van der Waals surface area contributed by atoms with Crippen molar-refractivity contribution in [1.82, 2.24) is 10.2 Å². The van der Waals surface area contributed by atoms with Crippen LogP contribution in [0.5, 0.6) is 0 Å². The summed E-state index contributed by atoms with van der Waals surface area (Å²) in [7, 11) is 2.18. The monoisotopic (exact) mass is 230 g/mol. The lowest BCUT2D eigenvalue weighted by Gasteiger charge is -2.30. The minimum atomic E-state index is 0.602. The summed E-state index contributed by atoms with van der Waals surface area (Å²) in [5.41, 5.74) is 0. The molecule has 0 bridgehead atoms. The summed E-state index contributed by atoms with van der Waals surface area (Å²) in [5, 5.41) is 3.48. The summed E-state index contributed by atoms with van der Waals surface area (Å²) in [5.74, 6) is 0.679. The van der Waals surface area contributed by atoms with E-state index in [2.05, 4.69) is 38.0 Å². The first-order valence-electron chi connectivity index (χ1n) is 6.62. The zero-order valence-electron chi connectivity index (χ0n) is 11.8. The van der Waals surface area contributed by atoms with Crippen LogP contribution >= 0.6 is 0 Å². The Morgan fingerprint density at radius 1 is 1.25 bits per heavy atom. The number of rotatable bonds is 10. The summed E-state index contributed by atoms with van der Waals surface area (Å²) in [4.78, 5) is 2.38. The maximum absolute atomic E-state index is 5.38. The molecule has 0 aromatic rings. The normalized spacial score (nSPS) is 15.4. The number of hydrogen-bond donors (Lipinski definition) is 1. The number of hydrogen-bond acceptors (Lipinski definition) is 3. The first kappa shape index (κ1) is 15.9. The lowest BCUT2D eigenvalue weighted by molar-refractivity contribution is 0.0984. The molecule has 0 aromatic heterocycles. The van der Waals surface area contributed by atoms with Crippen molar-refractivity contribution in [1.29, 1.82) is 0 Å². The van der Waals surface area contributed by atoms with Gasteiger partial charge in [-0.3, -0.25) is 0 Å². The Bertz CT molecular complexity index is 137. The van der Waals surface area contributed by atoms with Crippen LogP contribution in [0.2, 0.25) is 0 Å². The van der Waals surface area contributed by atoms with Gasteiger partial charge in [-0.1, -0.05) is 13.8 Å². The Balaban J connectivity index is 3.68. The molecule has 0 aromatic carbocycles. The fourth-order valence-corrected chi connectivity index (χ4v) is 1.67.